The Morgan fingerprint density at radius 2 is 1.64 bits per heavy atom. The topological polar surface area (TPSA) is 37.4 Å². The fourth-order valence-electron chi connectivity index (χ4n) is 6.16. The van der Waals surface area contributed by atoms with Gasteiger partial charge in [0.05, 0.1) is 4.90 Å². The summed E-state index contributed by atoms with van der Waals surface area (Å²) in [7, 11) is -3.51. The normalized spacial score (nSPS) is 30.8. The molecule has 3 atom stereocenters. The van der Waals surface area contributed by atoms with Gasteiger partial charge in [0.25, 0.3) is 10.0 Å². The lowest BCUT2D eigenvalue weighted by atomic mass is 9.79. The molecule has 0 radical (unpaired) electrons. The quantitative estimate of drug-likeness (QED) is 0.746. The summed E-state index contributed by atoms with van der Waals surface area (Å²) in [4.78, 5) is 0.383. The number of nitrogens with zero attached hydrogens (tertiary/aromatic N) is 1. The Morgan fingerprint density at radius 3 is 2.32 bits per heavy atom. The maximum atomic E-state index is 13.3. The van der Waals surface area contributed by atoms with E-state index in [2.05, 4.69) is 38.1 Å². The van der Waals surface area contributed by atoms with Crippen molar-refractivity contribution in [3.63, 3.8) is 0 Å². The van der Waals surface area contributed by atoms with Crippen molar-refractivity contribution in [1.82, 2.24) is 4.31 Å². The molecule has 0 amide bonds. The highest BCUT2D eigenvalue weighted by Crippen LogP contribution is 2.79. The van der Waals surface area contributed by atoms with E-state index < -0.39 is 10.0 Å². The minimum atomic E-state index is -3.51. The molecule has 5 rings (SSSR count). The van der Waals surface area contributed by atoms with Crippen molar-refractivity contribution in [2.45, 2.75) is 50.3 Å². The fourth-order valence-corrected chi connectivity index (χ4v) is 7.53. The molecule has 1 aliphatic heterocycles. The number of allylic oxidation sites excluding steroid dienone is 1. The molecule has 0 aromatic heterocycles. The van der Waals surface area contributed by atoms with Gasteiger partial charge in [-0.1, -0.05) is 59.5 Å². The molecule has 3 nitrogen and oxygen atoms in total. The summed E-state index contributed by atoms with van der Waals surface area (Å²) >= 11 is 0. The molecule has 2 aromatic carbocycles. The third kappa shape index (κ3) is 2.24. The molecule has 28 heavy (non-hydrogen) atoms. The van der Waals surface area contributed by atoms with Crippen molar-refractivity contribution in [2.75, 3.05) is 6.54 Å². The van der Waals surface area contributed by atoms with Gasteiger partial charge in [-0.25, -0.2) is 8.42 Å². The standard InChI is InChI=1S/C24H27NO2S/c1-17-6-8-21(9-7-17)28(26,27)25-12-11-24(20-14-18(2)13-19(3)15-20)22-5-4-10-23(22,24)16-25/h6-9,11-15,22H,4-5,10,16H2,1-3H3/t22-,23-,24-/m0/s1. The molecule has 0 unspecified atom stereocenters. The third-order valence-electron chi connectivity index (χ3n) is 7.34. The predicted molar refractivity (Wildman–Crippen MR) is 112 cm³/mol. The second-order valence-corrected chi connectivity index (χ2v) is 10.9. The number of hydrogen-bond acceptors (Lipinski definition) is 2. The van der Waals surface area contributed by atoms with E-state index in [1.165, 1.54) is 29.5 Å². The van der Waals surface area contributed by atoms with Crippen molar-refractivity contribution < 1.29 is 8.42 Å². The number of benzene rings is 2. The van der Waals surface area contributed by atoms with Gasteiger partial charge in [0.1, 0.15) is 0 Å². The van der Waals surface area contributed by atoms with Crippen LogP contribution in [-0.2, 0) is 15.4 Å². The van der Waals surface area contributed by atoms with Gasteiger partial charge >= 0.3 is 0 Å². The van der Waals surface area contributed by atoms with Crippen LogP contribution in [0.25, 0.3) is 0 Å². The Labute approximate surface area is 168 Å². The zero-order valence-corrected chi connectivity index (χ0v) is 17.6. The van der Waals surface area contributed by atoms with Gasteiger partial charge in [-0.15, -0.1) is 0 Å². The van der Waals surface area contributed by atoms with E-state index in [4.69, 9.17) is 0 Å². The average Bonchev–Trinajstić information content (AvgIpc) is 2.99. The monoisotopic (exact) mass is 393 g/mol. The van der Waals surface area contributed by atoms with Crippen LogP contribution in [0.3, 0.4) is 0 Å². The van der Waals surface area contributed by atoms with Crippen molar-refractivity contribution in [2.24, 2.45) is 11.3 Å². The highest BCUT2D eigenvalue weighted by molar-refractivity contribution is 7.89. The Balaban J connectivity index is 1.57. The van der Waals surface area contributed by atoms with E-state index in [0.29, 0.717) is 17.4 Å². The second-order valence-electron chi connectivity index (χ2n) is 9.03. The van der Waals surface area contributed by atoms with Crippen LogP contribution in [-0.4, -0.2) is 19.3 Å². The number of sulfonamides is 1. The van der Waals surface area contributed by atoms with Crippen molar-refractivity contribution >= 4 is 10.0 Å². The summed E-state index contributed by atoms with van der Waals surface area (Å²) in [5, 5.41) is 0. The van der Waals surface area contributed by atoms with Crippen LogP contribution in [0.4, 0.5) is 0 Å². The molecule has 146 valence electrons. The molecule has 3 aliphatic rings. The molecule has 2 aliphatic carbocycles. The van der Waals surface area contributed by atoms with Crippen molar-refractivity contribution in [3.8, 4) is 0 Å². The van der Waals surface area contributed by atoms with E-state index in [9.17, 15) is 8.42 Å². The first-order valence-corrected chi connectivity index (χ1v) is 11.6. The van der Waals surface area contributed by atoms with Crippen molar-refractivity contribution in [3.05, 3.63) is 77.0 Å². The molecule has 1 spiro atoms. The predicted octanol–water partition coefficient (Wildman–Crippen LogP) is 4.87. The molecule has 2 aromatic rings. The highest BCUT2D eigenvalue weighted by atomic mass is 32.2. The van der Waals surface area contributed by atoms with Gasteiger partial charge in [0, 0.05) is 23.6 Å². The molecule has 0 saturated heterocycles. The summed E-state index contributed by atoms with van der Waals surface area (Å²) in [5.74, 6) is 0.552. The fraction of sp³-hybridized carbons (Fsp3) is 0.417. The van der Waals surface area contributed by atoms with Gasteiger partial charge < -0.3 is 0 Å². The average molecular weight is 394 g/mol. The maximum absolute atomic E-state index is 13.3. The lowest BCUT2D eigenvalue weighted by Gasteiger charge is -2.34. The minimum Gasteiger partial charge on any atom is -0.273 e. The zero-order valence-electron chi connectivity index (χ0n) is 16.8. The zero-order chi connectivity index (χ0) is 19.7. The van der Waals surface area contributed by atoms with Crippen LogP contribution >= 0.6 is 0 Å². The second kappa shape index (κ2) is 5.73. The lowest BCUT2D eigenvalue weighted by Crippen LogP contribution is -2.38. The van der Waals surface area contributed by atoms with E-state index in [-0.39, 0.29) is 10.8 Å². The molecular formula is C24H27NO2S. The van der Waals surface area contributed by atoms with Gasteiger partial charge in [-0.05, 0) is 57.2 Å². The van der Waals surface area contributed by atoms with Gasteiger partial charge in [0.15, 0.2) is 0 Å². The maximum Gasteiger partial charge on any atom is 0.263 e. The molecule has 1 heterocycles. The number of hydrogen-bond donors (Lipinski definition) is 0. The first kappa shape index (κ1) is 18.0. The molecule has 4 heteroatoms. The molecule has 2 saturated carbocycles. The smallest absolute Gasteiger partial charge is 0.263 e. The highest BCUT2D eigenvalue weighted by Gasteiger charge is 2.78. The molecular weight excluding hydrogens is 366 g/mol. The summed E-state index contributed by atoms with van der Waals surface area (Å²) in [6.07, 6.45) is 7.55. The summed E-state index contributed by atoms with van der Waals surface area (Å²) in [5.41, 5.74) is 5.08. The first-order valence-electron chi connectivity index (χ1n) is 10.2. The van der Waals surface area contributed by atoms with Gasteiger partial charge in [-0.3, -0.25) is 4.31 Å². The van der Waals surface area contributed by atoms with Crippen LogP contribution in [0.15, 0.2) is 59.6 Å². The van der Waals surface area contributed by atoms with Crippen LogP contribution in [0.1, 0.15) is 41.5 Å². The van der Waals surface area contributed by atoms with Gasteiger partial charge in [0.2, 0.25) is 0 Å². The Bertz CT molecular complexity index is 1070. The van der Waals surface area contributed by atoms with E-state index in [1.807, 2.05) is 25.3 Å². The summed E-state index contributed by atoms with van der Waals surface area (Å²) in [6.45, 7) is 6.87. The molecule has 0 bridgehead atoms. The third-order valence-corrected chi connectivity index (χ3v) is 9.08. The van der Waals surface area contributed by atoms with E-state index in [1.54, 1.807) is 16.4 Å². The van der Waals surface area contributed by atoms with E-state index in [0.717, 1.165) is 12.0 Å². The Kier molecular flexibility index (Phi) is 3.68. The summed E-state index contributed by atoms with van der Waals surface area (Å²) < 4.78 is 28.1. The van der Waals surface area contributed by atoms with Crippen molar-refractivity contribution in [1.29, 1.82) is 0 Å². The van der Waals surface area contributed by atoms with Gasteiger partial charge in [-0.2, -0.15) is 0 Å². The van der Waals surface area contributed by atoms with Crippen LogP contribution in [0.2, 0.25) is 0 Å². The minimum absolute atomic E-state index is 0.0152. The molecule has 0 N–H and O–H groups in total. The van der Waals surface area contributed by atoms with Crippen LogP contribution < -0.4 is 0 Å². The number of aryl methyl sites for hydroxylation is 3. The first-order chi connectivity index (χ1) is 13.3. The summed E-state index contributed by atoms with van der Waals surface area (Å²) in [6, 6.07) is 14.0. The van der Waals surface area contributed by atoms with Crippen LogP contribution in [0.5, 0.6) is 0 Å². The largest absolute Gasteiger partial charge is 0.273 e. The number of rotatable bonds is 3. The Hall–Kier alpha value is -2.07. The van der Waals surface area contributed by atoms with Crippen LogP contribution in [0, 0.1) is 32.1 Å². The number of fused-ring (bicyclic) bond motifs is 1. The SMILES string of the molecule is Cc1ccc(S(=O)(=O)N2C=C[C@]3(c4cc(C)cc(C)c4)[C@H]4CCC[C@]43C2)cc1. The lowest BCUT2D eigenvalue weighted by molar-refractivity contribution is 0.328. The Morgan fingerprint density at radius 1 is 0.964 bits per heavy atom. The van der Waals surface area contributed by atoms with E-state index >= 15 is 0 Å². The molecule has 2 fully saturated rings.